The van der Waals surface area contributed by atoms with Gasteiger partial charge in [-0.05, 0) is 37.8 Å². The van der Waals surface area contributed by atoms with Gasteiger partial charge in [-0.15, -0.1) is 0 Å². The summed E-state index contributed by atoms with van der Waals surface area (Å²) < 4.78 is 5.44. The third-order valence-electron chi connectivity index (χ3n) is 3.41. The average molecular weight is 334 g/mol. The summed E-state index contributed by atoms with van der Waals surface area (Å²) >= 11 is 1.78. The first-order valence-electron chi connectivity index (χ1n) is 8.18. The van der Waals surface area contributed by atoms with Crippen LogP contribution >= 0.6 is 11.8 Å². The number of thioether (sulfide) groups is 1. The summed E-state index contributed by atoms with van der Waals surface area (Å²) in [4.78, 5) is 15.1. The van der Waals surface area contributed by atoms with E-state index in [1.807, 2.05) is 26.0 Å². The van der Waals surface area contributed by atoms with Gasteiger partial charge in [-0.1, -0.05) is 18.2 Å². The van der Waals surface area contributed by atoms with Gasteiger partial charge in [0.1, 0.15) is 0 Å². The Labute approximate surface area is 142 Å². The van der Waals surface area contributed by atoms with Gasteiger partial charge in [0, 0.05) is 42.3 Å². The van der Waals surface area contributed by atoms with Crippen LogP contribution in [0.3, 0.4) is 0 Å². The molecule has 5 heteroatoms. The number of amides is 1. The minimum Gasteiger partial charge on any atom is -0.379 e. The third kappa shape index (κ3) is 6.67. The van der Waals surface area contributed by atoms with Crippen molar-refractivity contribution in [2.75, 3.05) is 18.9 Å². The van der Waals surface area contributed by atoms with Crippen molar-refractivity contribution in [2.45, 2.75) is 38.5 Å². The summed E-state index contributed by atoms with van der Waals surface area (Å²) in [6.45, 7) is 5.43. The molecule has 4 nitrogen and oxygen atoms in total. The molecule has 0 spiro atoms. The van der Waals surface area contributed by atoms with E-state index in [1.165, 1.54) is 16.6 Å². The maximum atomic E-state index is 11.7. The van der Waals surface area contributed by atoms with E-state index in [9.17, 15) is 4.79 Å². The van der Waals surface area contributed by atoms with Crippen molar-refractivity contribution in [3.05, 3.63) is 36.0 Å². The van der Waals surface area contributed by atoms with Crippen molar-refractivity contribution in [3.8, 4) is 0 Å². The molecule has 1 amide bonds. The first-order valence-corrected chi connectivity index (χ1v) is 9.33. The van der Waals surface area contributed by atoms with Crippen LogP contribution in [0.15, 0.2) is 30.3 Å². The Balaban J connectivity index is 1.55. The van der Waals surface area contributed by atoms with Crippen molar-refractivity contribution in [2.24, 2.45) is 0 Å². The molecule has 0 aliphatic rings. The number of rotatable bonds is 10. The Bertz CT molecular complexity index is 577. The van der Waals surface area contributed by atoms with Gasteiger partial charge < -0.3 is 15.0 Å². The molecule has 0 unspecified atom stereocenters. The molecule has 1 heterocycles. The number of ether oxygens (including phenoxy) is 1. The Kier molecular flexibility index (Phi) is 7.49. The van der Waals surface area contributed by atoms with Crippen LogP contribution in [-0.4, -0.2) is 35.9 Å². The second-order valence-corrected chi connectivity index (χ2v) is 6.91. The summed E-state index contributed by atoms with van der Waals surface area (Å²) in [6, 6.07) is 10.4. The van der Waals surface area contributed by atoms with E-state index in [-0.39, 0.29) is 12.0 Å². The first kappa shape index (κ1) is 17.9. The van der Waals surface area contributed by atoms with Gasteiger partial charge in [0.25, 0.3) is 0 Å². The first-order chi connectivity index (χ1) is 11.1. The Morgan fingerprint density at radius 3 is 2.96 bits per heavy atom. The molecule has 0 saturated heterocycles. The number of aromatic amines is 1. The number of hydrogen-bond donors (Lipinski definition) is 2. The molecule has 2 N–H and O–H groups in total. The number of fused-ring (bicyclic) bond motifs is 1. The molecule has 0 aliphatic heterocycles. The molecular weight excluding hydrogens is 308 g/mol. The average Bonchev–Trinajstić information content (AvgIpc) is 2.93. The molecule has 2 rings (SSSR count). The van der Waals surface area contributed by atoms with E-state index < -0.39 is 0 Å². The van der Waals surface area contributed by atoms with Crippen LogP contribution in [0.25, 0.3) is 10.9 Å². The Hall–Kier alpha value is -1.46. The number of nitrogens with one attached hydrogen (secondary N) is 2. The molecule has 0 fully saturated rings. The quantitative estimate of drug-likeness (QED) is 0.651. The number of hydrogen-bond acceptors (Lipinski definition) is 3. The maximum Gasteiger partial charge on any atom is 0.220 e. The van der Waals surface area contributed by atoms with Crippen LogP contribution in [0.5, 0.6) is 0 Å². The number of aromatic nitrogens is 1. The van der Waals surface area contributed by atoms with Crippen molar-refractivity contribution >= 4 is 28.6 Å². The minimum atomic E-state index is 0.124. The van der Waals surface area contributed by atoms with Gasteiger partial charge >= 0.3 is 0 Å². The number of carbonyl (C=O) groups excluding carboxylic acids is 1. The molecule has 2 aromatic rings. The number of carbonyl (C=O) groups is 1. The van der Waals surface area contributed by atoms with Crippen LogP contribution in [0.1, 0.15) is 32.4 Å². The van der Waals surface area contributed by atoms with Crippen LogP contribution in [-0.2, 0) is 15.3 Å². The van der Waals surface area contributed by atoms with Crippen molar-refractivity contribution < 1.29 is 9.53 Å². The molecule has 0 radical (unpaired) electrons. The smallest absolute Gasteiger partial charge is 0.220 e. The summed E-state index contributed by atoms with van der Waals surface area (Å²) in [6.07, 6.45) is 1.69. The molecule has 0 atom stereocenters. The zero-order valence-corrected chi connectivity index (χ0v) is 14.7. The zero-order valence-electron chi connectivity index (χ0n) is 13.9. The summed E-state index contributed by atoms with van der Waals surface area (Å²) in [5.41, 5.74) is 2.38. The monoisotopic (exact) mass is 334 g/mol. The topological polar surface area (TPSA) is 54.1 Å². The zero-order chi connectivity index (χ0) is 16.5. The van der Waals surface area contributed by atoms with E-state index >= 15 is 0 Å². The number of para-hydroxylation sites is 1. The largest absolute Gasteiger partial charge is 0.379 e. The van der Waals surface area contributed by atoms with E-state index in [4.69, 9.17) is 4.74 Å². The molecule has 1 aromatic heterocycles. The molecule has 126 valence electrons. The van der Waals surface area contributed by atoms with Crippen LogP contribution in [0.2, 0.25) is 0 Å². The highest BCUT2D eigenvalue weighted by Gasteiger charge is 2.03. The van der Waals surface area contributed by atoms with E-state index in [0.29, 0.717) is 19.6 Å². The Morgan fingerprint density at radius 2 is 2.17 bits per heavy atom. The molecule has 0 saturated carbocycles. The van der Waals surface area contributed by atoms with Gasteiger partial charge in [-0.2, -0.15) is 11.8 Å². The van der Waals surface area contributed by atoms with Crippen molar-refractivity contribution in [3.63, 3.8) is 0 Å². The normalized spacial score (nSPS) is 11.3. The SMILES string of the molecule is CC(C)OCCCNC(=O)CCSCc1cc2ccccc2[nH]1. The number of benzene rings is 1. The second-order valence-electron chi connectivity index (χ2n) is 5.81. The fourth-order valence-corrected chi connectivity index (χ4v) is 3.12. The fourth-order valence-electron chi connectivity index (χ4n) is 2.27. The molecule has 23 heavy (non-hydrogen) atoms. The number of H-pyrrole nitrogens is 1. The lowest BCUT2D eigenvalue weighted by Gasteiger charge is -2.08. The van der Waals surface area contributed by atoms with E-state index in [2.05, 4.69) is 28.5 Å². The third-order valence-corrected chi connectivity index (χ3v) is 4.42. The van der Waals surface area contributed by atoms with Gasteiger partial charge in [0.2, 0.25) is 5.91 Å². The molecule has 0 bridgehead atoms. The second kappa shape index (κ2) is 9.63. The summed E-state index contributed by atoms with van der Waals surface area (Å²) in [7, 11) is 0. The van der Waals surface area contributed by atoms with Gasteiger partial charge in [-0.3, -0.25) is 4.79 Å². The predicted octanol–water partition coefficient (Wildman–Crippen LogP) is 3.72. The molecule has 0 aliphatic carbocycles. The van der Waals surface area contributed by atoms with Gasteiger partial charge in [-0.25, -0.2) is 0 Å². The standard InChI is InChI=1S/C18H26N2O2S/c1-14(2)22-10-5-9-19-18(21)8-11-23-13-16-12-15-6-3-4-7-17(15)20-16/h3-4,6-7,12,14,20H,5,8-11,13H2,1-2H3,(H,19,21). The summed E-state index contributed by atoms with van der Waals surface area (Å²) in [5.74, 6) is 1.87. The lowest BCUT2D eigenvalue weighted by molar-refractivity contribution is -0.120. The maximum absolute atomic E-state index is 11.7. The lowest BCUT2D eigenvalue weighted by atomic mass is 10.2. The summed E-state index contributed by atoms with van der Waals surface area (Å²) in [5, 5.41) is 4.18. The highest BCUT2D eigenvalue weighted by atomic mass is 32.2. The van der Waals surface area contributed by atoms with Crippen LogP contribution in [0.4, 0.5) is 0 Å². The van der Waals surface area contributed by atoms with Gasteiger partial charge in [0.05, 0.1) is 6.10 Å². The van der Waals surface area contributed by atoms with Crippen LogP contribution < -0.4 is 5.32 Å². The lowest BCUT2D eigenvalue weighted by Crippen LogP contribution is -2.25. The Morgan fingerprint density at radius 1 is 1.35 bits per heavy atom. The molecular formula is C18H26N2O2S. The van der Waals surface area contributed by atoms with Gasteiger partial charge in [0.15, 0.2) is 0 Å². The van der Waals surface area contributed by atoms with E-state index in [0.717, 1.165) is 17.9 Å². The predicted molar refractivity (Wildman–Crippen MR) is 97.8 cm³/mol. The van der Waals surface area contributed by atoms with Crippen molar-refractivity contribution in [1.29, 1.82) is 0 Å². The van der Waals surface area contributed by atoms with Crippen molar-refractivity contribution in [1.82, 2.24) is 10.3 Å². The van der Waals surface area contributed by atoms with Crippen LogP contribution in [0, 0.1) is 0 Å². The fraction of sp³-hybridized carbons (Fsp3) is 0.500. The van der Waals surface area contributed by atoms with E-state index in [1.54, 1.807) is 11.8 Å². The minimum absolute atomic E-state index is 0.124. The molecule has 1 aromatic carbocycles. The highest BCUT2D eigenvalue weighted by molar-refractivity contribution is 7.98. The highest BCUT2D eigenvalue weighted by Crippen LogP contribution is 2.19.